The summed E-state index contributed by atoms with van der Waals surface area (Å²) in [6.45, 7) is 3.38. The lowest BCUT2D eigenvalue weighted by Gasteiger charge is -2.20. The molecule has 1 fully saturated rings. The lowest BCUT2D eigenvalue weighted by molar-refractivity contribution is 0.157. The zero-order valence-electron chi connectivity index (χ0n) is 9.56. The lowest BCUT2D eigenvalue weighted by Crippen LogP contribution is -2.35. The Morgan fingerprint density at radius 1 is 1.38 bits per heavy atom. The molecule has 0 spiro atoms. The van der Waals surface area contributed by atoms with Gasteiger partial charge in [-0.3, -0.25) is 0 Å². The van der Waals surface area contributed by atoms with E-state index in [-0.39, 0.29) is 12.1 Å². The van der Waals surface area contributed by atoms with Crippen LogP contribution in [-0.4, -0.2) is 30.2 Å². The molecule has 1 aromatic carbocycles. The molecule has 1 saturated heterocycles. The first-order valence-corrected chi connectivity index (χ1v) is 5.78. The Kier molecular flexibility index (Phi) is 3.44. The monoisotopic (exact) mass is 219 g/mol. The van der Waals surface area contributed by atoms with Crippen molar-refractivity contribution in [3.8, 4) is 0 Å². The molecule has 0 radical (unpaired) electrons. The minimum atomic E-state index is -0.164. The maximum Gasteiger partial charge on any atom is 0.410 e. The molecule has 86 valence electrons. The fourth-order valence-corrected chi connectivity index (χ4v) is 2.06. The van der Waals surface area contributed by atoms with Crippen molar-refractivity contribution in [2.45, 2.75) is 25.8 Å². The maximum atomic E-state index is 11.5. The van der Waals surface area contributed by atoms with E-state index in [4.69, 9.17) is 4.74 Å². The van der Waals surface area contributed by atoms with Crippen molar-refractivity contribution in [1.29, 1.82) is 0 Å². The fraction of sp³-hybridized carbons (Fsp3) is 0.462. The van der Waals surface area contributed by atoms with Gasteiger partial charge in [-0.1, -0.05) is 37.3 Å². The fourth-order valence-electron chi connectivity index (χ4n) is 2.06. The van der Waals surface area contributed by atoms with Crippen LogP contribution in [0.1, 0.15) is 18.9 Å². The van der Waals surface area contributed by atoms with Gasteiger partial charge in [-0.2, -0.15) is 0 Å². The Hall–Kier alpha value is -1.51. The number of carbonyl (C=O) groups excluding carboxylic acids is 1. The summed E-state index contributed by atoms with van der Waals surface area (Å²) >= 11 is 0. The summed E-state index contributed by atoms with van der Waals surface area (Å²) in [6.07, 6.45) is 1.69. The molecule has 1 aliphatic heterocycles. The minimum absolute atomic E-state index is 0.164. The molecule has 0 N–H and O–H groups in total. The molecule has 1 aliphatic rings. The summed E-state index contributed by atoms with van der Waals surface area (Å²) < 4.78 is 5.09. The molecule has 16 heavy (non-hydrogen) atoms. The van der Waals surface area contributed by atoms with Crippen molar-refractivity contribution < 1.29 is 9.53 Å². The van der Waals surface area contributed by atoms with Gasteiger partial charge in [0.15, 0.2) is 0 Å². The third kappa shape index (κ3) is 2.35. The normalized spacial score (nSPS) is 19.9. The average molecular weight is 219 g/mol. The Balaban J connectivity index is 2.01. The topological polar surface area (TPSA) is 29.5 Å². The minimum Gasteiger partial charge on any atom is -0.447 e. The molecule has 3 heteroatoms. The highest BCUT2D eigenvalue weighted by atomic mass is 16.6. The third-order valence-corrected chi connectivity index (χ3v) is 2.85. The number of amides is 1. The summed E-state index contributed by atoms with van der Waals surface area (Å²) in [5.74, 6) is 0. The summed E-state index contributed by atoms with van der Waals surface area (Å²) in [4.78, 5) is 13.3. The highest BCUT2D eigenvalue weighted by Crippen LogP contribution is 2.17. The van der Waals surface area contributed by atoms with E-state index in [1.54, 1.807) is 0 Å². The first kappa shape index (κ1) is 11.0. The highest BCUT2D eigenvalue weighted by molar-refractivity contribution is 5.70. The first-order valence-electron chi connectivity index (χ1n) is 5.78. The van der Waals surface area contributed by atoms with Crippen molar-refractivity contribution in [1.82, 2.24) is 4.90 Å². The number of rotatable bonds is 4. The van der Waals surface area contributed by atoms with Crippen molar-refractivity contribution >= 4 is 6.09 Å². The van der Waals surface area contributed by atoms with E-state index < -0.39 is 0 Å². The molecule has 1 amide bonds. The Labute approximate surface area is 96.0 Å². The Morgan fingerprint density at radius 2 is 2.12 bits per heavy atom. The van der Waals surface area contributed by atoms with Gasteiger partial charge >= 0.3 is 6.09 Å². The molecular formula is C13H17NO2. The first-order chi connectivity index (χ1) is 7.81. The van der Waals surface area contributed by atoms with Crippen LogP contribution >= 0.6 is 0 Å². The molecule has 2 rings (SSSR count). The summed E-state index contributed by atoms with van der Waals surface area (Å²) in [5.41, 5.74) is 1.26. The standard InChI is InChI=1S/C13H17NO2/c1-2-8-14-12(10-16-13(14)15)9-11-6-4-3-5-7-11/h3-7,12H,2,8-10H2,1H3/t12-/m0/s1. The molecule has 0 aromatic heterocycles. The van der Waals surface area contributed by atoms with Gasteiger partial charge in [0, 0.05) is 6.54 Å². The molecule has 1 aromatic rings. The Morgan fingerprint density at radius 3 is 2.81 bits per heavy atom. The highest BCUT2D eigenvalue weighted by Gasteiger charge is 2.31. The van der Waals surface area contributed by atoms with Gasteiger partial charge in [-0.25, -0.2) is 4.79 Å². The zero-order valence-corrected chi connectivity index (χ0v) is 9.56. The summed E-state index contributed by atoms with van der Waals surface area (Å²) in [6, 6.07) is 10.4. The largest absolute Gasteiger partial charge is 0.447 e. The van der Waals surface area contributed by atoms with Crippen molar-refractivity contribution in [2.24, 2.45) is 0 Å². The van der Waals surface area contributed by atoms with Crippen LogP contribution in [0.5, 0.6) is 0 Å². The molecule has 0 saturated carbocycles. The summed E-state index contributed by atoms with van der Waals surface area (Å²) in [7, 11) is 0. The van der Waals surface area contributed by atoms with Crippen molar-refractivity contribution in [3.05, 3.63) is 35.9 Å². The van der Waals surface area contributed by atoms with Gasteiger partial charge in [-0.05, 0) is 18.4 Å². The molecular weight excluding hydrogens is 202 g/mol. The van der Waals surface area contributed by atoms with E-state index in [9.17, 15) is 4.79 Å². The molecule has 1 atom stereocenters. The molecule has 0 unspecified atom stereocenters. The van der Waals surface area contributed by atoms with Crippen LogP contribution in [0, 0.1) is 0 Å². The van der Waals surface area contributed by atoms with Crippen molar-refractivity contribution in [2.75, 3.05) is 13.2 Å². The second kappa shape index (κ2) is 5.01. The van der Waals surface area contributed by atoms with Gasteiger partial charge in [0.2, 0.25) is 0 Å². The van der Waals surface area contributed by atoms with Gasteiger partial charge in [0.25, 0.3) is 0 Å². The van der Waals surface area contributed by atoms with Gasteiger partial charge < -0.3 is 9.64 Å². The van der Waals surface area contributed by atoms with Crippen LogP contribution in [0.3, 0.4) is 0 Å². The molecule has 0 aliphatic carbocycles. The van der Waals surface area contributed by atoms with E-state index in [0.29, 0.717) is 6.61 Å². The number of ether oxygens (including phenoxy) is 1. The van der Waals surface area contributed by atoms with E-state index in [0.717, 1.165) is 19.4 Å². The van der Waals surface area contributed by atoms with Gasteiger partial charge in [0.05, 0.1) is 6.04 Å². The average Bonchev–Trinajstić information content (AvgIpc) is 2.64. The van der Waals surface area contributed by atoms with Gasteiger partial charge in [-0.15, -0.1) is 0 Å². The zero-order chi connectivity index (χ0) is 11.4. The maximum absolute atomic E-state index is 11.5. The smallest absolute Gasteiger partial charge is 0.410 e. The SMILES string of the molecule is CCCN1C(=O)OC[C@@H]1Cc1ccccc1. The second-order valence-corrected chi connectivity index (χ2v) is 4.11. The molecule has 0 bridgehead atoms. The quantitative estimate of drug-likeness (QED) is 0.778. The Bertz CT molecular complexity index is 350. The van der Waals surface area contributed by atoms with Crippen LogP contribution in [0.25, 0.3) is 0 Å². The number of carbonyl (C=O) groups is 1. The predicted molar refractivity (Wildman–Crippen MR) is 62.3 cm³/mol. The number of hydrogen-bond acceptors (Lipinski definition) is 2. The van der Waals surface area contributed by atoms with Gasteiger partial charge in [0.1, 0.15) is 6.61 Å². The van der Waals surface area contributed by atoms with E-state index in [2.05, 4.69) is 19.1 Å². The third-order valence-electron chi connectivity index (χ3n) is 2.85. The van der Waals surface area contributed by atoms with Crippen LogP contribution in [0.2, 0.25) is 0 Å². The lowest BCUT2D eigenvalue weighted by atomic mass is 10.1. The van der Waals surface area contributed by atoms with Crippen LogP contribution in [0.4, 0.5) is 4.79 Å². The number of nitrogens with zero attached hydrogens (tertiary/aromatic N) is 1. The van der Waals surface area contributed by atoms with E-state index in [1.807, 2.05) is 23.1 Å². The number of hydrogen-bond donors (Lipinski definition) is 0. The van der Waals surface area contributed by atoms with E-state index >= 15 is 0 Å². The second-order valence-electron chi connectivity index (χ2n) is 4.11. The van der Waals surface area contributed by atoms with Crippen molar-refractivity contribution in [3.63, 3.8) is 0 Å². The molecule has 1 heterocycles. The molecule has 3 nitrogen and oxygen atoms in total. The van der Waals surface area contributed by atoms with Crippen LogP contribution in [0.15, 0.2) is 30.3 Å². The van der Waals surface area contributed by atoms with E-state index in [1.165, 1.54) is 5.56 Å². The summed E-state index contributed by atoms with van der Waals surface area (Å²) in [5, 5.41) is 0. The number of cyclic esters (lactones) is 1. The number of benzene rings is 1. The van der Waals surface area contributed by atoms with Crippen LogP contribution in [-0.2, 0) is 11.2 Å². The predicted octanol–water partition coefficient (Wildman–Crippen LogP) is 2.46. The van der Waals surface area contributed by atoms with Crippen LogP contribution < -0.4 is 0 Å².